The van der Waals surface area contributed by atoms with Gasteiger partial charge >= 0.3 is 6.09 Å². The molecule has 2 N–H and O–H groups in total. The van der Waals surface area contributed by atoms with Crippen LogP contribution in [0.15, 0.2) is 12.2 Å². The summed E-state index contributed by atoms with van der Waals surface area (Å²) >= 11 is 0. The fourth-order valence-electron chi connectivity index (χ4n) is 1.58. The molecule has 0 aromatic carbocycles. The van der Waals surface area contributed by atoms with Crippen LogP contribution in [-0.4, -0.2) is 30.8 Å². The molecule has 1 unspecified atom stereocenters. The molecule has 0 aliphatic heterocycles. The van der Waals surface area contributed by atoms with Gasteiger partial charge in [0.2, 0.25) is 0 Å². The lowest BCUT2D eigenvalue weighted by Crippen LogP contribution is -2.32. The van der Waals surface area contributed by atoms with Gasteiger partial charge in [0.15, 0.2) is 0 Å². The summed E-state index contributed by atoms with van der Waals surface area (Å²) in [6.07, 6.45) is 6.04. The highest BCUT2D eigenvalue weighted by molar-refractivity contribution is 5.67. The normalized spacial score (nSPS) is 13.8. The summed E-state index contributed by atoms with van der Waals surface area (Å²) in [6, 6.07) is 0.529. The molecule has 4 nitrogen and oxygen atoms in total. The highest BCUT2D eigenvalue weighted by Gasteiger charge is 2.14. The molecule has 20 heavy (non-hydrogen) atoms. The summed E-state index contributed by atoms with van der Waals surface area (Å²) in [5, 5.41) is 6.13. The first kappa shape index (κ1) is 19.0. The van der Waals surface area contributed by atoms with E-state index in [0.717, 1.165) is 12.5 Å². The van der Waals surface area contributed by atoms with E-state index in [1.165, 1.54) is 12.8 Å². The number of carbonyl (C=O) groups excluding carboxylic acids is 1. The van der Waals surface area contributed by atoms with Crippen molar-refractivity contribution in [3.05, 3.63) is 12.2 Å². The maximum atomic E-state index is 11.4. The van der Waals surface area contributed by atoms with E-state index in [4.69, 9.17) is 4.74 Å². The predicted octanol–water partition coefficient (Wildman–Crippen LogP) is 3.48. The molecule has 0 fully saturated rings. The SMILES string of the molecule is CC(C)CCC(C)NC/C=C/CNC(=O)OC(C)(C)C. The molecule has 0 aliphatic rings. The van der Waals surface area contributed by atoms with Crippen molar-refractivity contribution < 1.29 is 9.53 Å². The number of amides is 1. The molecular formula is C16H32N2O2. The van der Waals surface area contributed by atoms with Crippen molar-refractivity contribution in [3.63, 3.8) is 0 Å². The van der Waals surface area contributed by atoms with Crippen molar-refractivity contribution >= 4 is 6.09 Å². The first-order valence-electron chi connectivity index (χ1n) is 7.56. The van der Waals surface area contributed by atoms with Crippen LogP contribution in [0, 0.1) is 5.92 Å². The molecule has 0 heterocycles. The molecule has 0 saturated heterocycles. The Labute approximate surface area is 124 Å². The van der Waals surface area contributed by atoms with Gasteiger partial charge in [0.05, 0.1) is 0 Å². The average molecular weight is 284 g/mol. The Balaban J connectivity index is 3.60. The van der Waals surface area contributed by atoms with E-state index in [1.54, 1.807) is 0 Å². The molecule has 4 heteroatoms. The summed E-state index contributed by atoms with van der Waals surface area (Å²) < 4.78 is 5.14. The van der Waals surface area contributed by atoms with Gasteiger partial charge < -0.3 is 15.4 Å². The van der Waals surface area contributed by atoms with Crippen LogP contribution in [0.25, 0.3) is 0 Å². The highest BCUT2D eigenvalue weighted by Crippen LogP contribution is 2.06. The van der Waals surface area contributed by atoms with E-state index in [-0.39, 0.29) is 6.09 Å². The lowest BCUT2D eigenvalue weighted by Gasteiger charge is -2.19. The standard InChI is InChI=1S/C16H32N2O2/c1-13(2)9-10-14(3)17-11-7-8-12-18-15(19)20-16(4,5)6/h7-8,13-14,17H,9-12H2,1-6H3,(H,18,19)/b8-7+. The number of hydrogen-bond donors (Lipinski definition) is 2. The molecule has 0 saturated carbocycles. The van der Waals surface area contributed by atoms with Crippen molar-refractivity contribution in [3.8, 4) is 0 Å². The van der Waals surface area contributed by atoms with E-state index in [2.05, 4.69) is 31.4 Å². The summed E-state index contributed by atoms with van der Waals surface area (Å²) in [7, 11) is 0. The van der Waals surface area contributed by atoms with Crippen LogP contribution < -0.4 is 10.6 Å². The zero-order chi connectivity index (χ0) is 15.6. The third kappa shape index (κ3) is 13.4. The van der Waals surface area contributed by atoms with Gasteiger partial charge in [-0.05, 0) is 46.5 Å². The van der Waals surface area contributed by atoms with Crippen LogP contribution in [0.4, 0.5) is 4.79 Å². The summed E-state index contributed by atoms with van der Waals surface area (Å²) in [4.78, 5) is 11.4. The minimum absolute atomic E-state index is 0.375. The average Bonchev–Trinajstić information content (AvgIpc) is 2.28. The second-order valence-corrected chi connectivity index (χ2v) is 6.63. The lowest BCUT2D eigenvalue weighted by atomic mass is 10.0. The fourth-order valence-corrected chi connectivity index (χ4v) is 1.58. The summed E-state index contributed by atoms with van der Waals surface area (Å²) in [5.41, 5.74) is -0.443. The van der Waals surface area contributed by atoms with Gasteiger partial charge in [-0.3, -0.25) is 0 Å². The Morgan fingerprint density at radius 3 is 2.25 bits per heavy atom. The van der Waals surface area contributed by atoms with Crippen LogP contribution >= 0.6 is 0 Å². The number of carbonyl (C=O) groups is 1. The Hall–Kier alpha value is -1.03. The minimum atomic E-state index is -0.443. The van der Waals surface area contributed by atoms with E-state index >= 15 is 0 Å². The molecule has 0 aliphatic carbocycles. The smallest absolute Gasteiger partial charge is 0.407 e. The van der Waals surface area contributed by atoms with Crippen LogP contribution in [0.5, 0.6) is 0 Å². The highest BCUT2D eigenvalue weighted by atomic mass is 16.6. The molecule has 0 spiro atoms. The number of rotatable bonds is 8. The van der Waals surface area contributed by atoms with E-state index in [0.29, 0.717) is 12.6 Å². The number of ether oxygens (including phenoxy) is 1. The largest absolute Gasteiger partial charge is 0.444 e. The molecule has 0 rings (SSSR count). The predicted molar refractivity (Wildman–Crippen MR) is 84.9 cm³/mol. The Morgan fingerprint density at radius 2 is 1.70 bits per heavy atom. The summed E-state index contributed by atoms with van der Waals surface area (Å²) in [6.45, 7) is 13.6. The number of alkyl carbamates (subject to hydrolysis) is 1. The first-order chi connectivity index (χ1) is 9.20. The molecule has 0 radical (unpaired) electrons. The quantitative estimate of drug-likeness (QED) is 0.671. The second kappa shape index (κ2) is 9.81. The number of nitrogens with one attached hydrogen (secondary N) is 2. The van der Waals surface area contributed by atoms with Crippen LogP contribution in [-0.2, 0) is 4.74 Å². The Kier molecular flexibility index (Phi) is 9.30. The fraction of sp³-hybridized carbons (Fsp3) is 0.812. The summed E-state index contributed by atoms with van der Waals surface area (Å²) in [5.74, 6) is 0.757. The molecule has 0 bridgehead atoms. The van der Waals surface area contributed by atoms with Crippen LogP contribution in [0.2, 0.25) is 0 Å². The van der Waals surface area contributed by atoms with Crippen molar-refractivity contribution in [2.75, 3.05) is 13.1 Å². The van der Waals surface area contributed by atoms with Crippen molar-refractivity contribution in [2.45, 2.75) is 66.0 Å². The van der Waals surface area contributed by atoms with Crippen LogP contribution in [0.3, 0.4) is 0 Å². The van der Waals surface area contributed by atoms with Gasteiger partial charge in [0.25, 0.3) is 0 Å². The monoisotopic (exact) mass is 284 g/mol. The minimum Gasteiger partial charge on any atom is -0.444 e. The third-order valence-electron chi connectivity index (χ3n) is 2.69. The van der Waals surface area contributed by atoms with Gasteiger partial charge in [-0.15, -0.1) is 0 Å². The second-order valence-electron chi connectivity index (χ2n) is 6.63. The van der Waals surface area contributed by atoms with E-state index < -0.39 is 5.60 Å². The van der Waals surface area contributed by atoms with Gasteiger partial charge in [0.1, 0.15) is 5.60 Å². The lowest BCUT2D eigenvalue weighted by molar-refractivity contribution is 0.0534. The van der Waals surface area contributed by atoms with Gasteiger partial charge in [-0.1, -0.05) is 26.0 Å². The zero-order valence-corrected chi connectivity index (χ0v) is 14.0. The van der Waals surface area contributed by atoms with Crippen molar-refractivity contribution in [1.82, 2.24) is 10.6 Å². The van der Waals surface area contributed by atoms with Crippen molar-refractivity contribution in [1.29, 1.82) is 0 Å². The molecular weight excluding hydrogens is 252 g/mol. The Bertz CT molecular complexity index is 293. The Morgan fingerprint density at radius 1 is 1.10 bits per heavy atom. The van der Waals surface area contributed by atoms with Crippen molar-refractivity contribution in [2.24, 2.45) is 5.92 Å². The molecule has 1 amide bonds. The van der Waals surface area contributed by atoms with Crippen LogP contribution in [0.1, 0.15) is 54.4 Å². The maximum absolute atomic E-state index is 11.4. The molecule has 1 atom stereocenters. The van der Waals surface area contributed by atoms with E-state index in [1.807, 2.05) is 32.9 Å². The zero-order valence-electron chi connectivity index (χ0n) is 14.0. The van der Waals surface area contributed by atoms with Gasteiger partial charge in [0, 0.05) is 19.1 Å². The molecule has 0 aromatic heterocycles. The maximum Gasteiger partial charge on any atom is 0.407 e. The molecule has 0 aromatic rings. The first-order valence-corrected chi connectivity index (χ1v) is 7.56. The topological polar surface area (TPSA) is 50.4 Å². The molecule has 118 valence electrons. The van der Waals surface area contributed by atoms with Gasteiger partial charge in [-0.2, -0.15) is 0 Å². The third-order valence-corrected chi connectivity index (χ3v) is 2.69. The number of hydrogen-bond acceptors (Lipinski definition) is 3. The van der Waals surface area contributed by atoms with E-state index in [9.17, 15) is 4.79 Å². The van der Waals surface area contributed by atoms with Gasteiger partial charge in [-0.25, -0.2) is 4.79 Å².